The van der Waals surface area contributed by atoms with Crippen LogP contribution in [-0.2, 0) is 19.4 Å². The van der Waals surface area contributed by atoms with E-state index < -0.39 is 27.7 Å². The summed E-state index contributed by atoms with van der Waals surface area (Å²) in [7, 11) is 0.582. The van der Waals surface area contributed by atoms with Crippen LogP contribution < -0.4 is 5.32 Å². The molecular formula is C16H23N3O4S. The van der Waals surface area contributed by atoms with Gasteiger partial charge in [-0.1, -0.05) is 18.2 Å². The molecule has 8 heteroatoms. The van der Waals surface area contributed by atoms with Crippen molar-refractivity contribution in [3.05, 3.63) is 30.3 Å². The Hall–Kier alpha value is -1.93. The molecule has 2 rings (SSSR count). The van der Waals surface area contributed by atoms with Crippen molar-refractivity contribution < 1.29 is 18.0 Å². The van der Waals surface area contributed by atoms with E-state index in [1.165, 1.54) is 4.90 Å². The Kier molecular flexibility index (Phi) is 5.95. The molecule has 1 fully saturated rings. The van der Waals surface area contributed by atoms with Crippen molar-refractivity contribution in [2.24, 2.45) is 0 Å². The number of amides is 2. The zero-order valence-electron chi connectivity index (χ0n) is 13.9. The Morgan fingerprint density at radius 2 is 1.83 bits per heavy atom. The van der Waals surface area contributed by atoms with Crippen LogP contribution in [0.1, 0.15) is 6.42 Å². The molecular weight excluding hydrogens is 330 g/mol. The van der Waals surface area contributed by atoms with Gasteiger partial charge in [0.05, 0.1) is 11.5 Å². The van der Waals surface area contributed by atoms with Gasteiger partial charge in [0.25, 0.3) is 0 Å². The molecule has 0 saturated carbocycles. The second kappa shape index (κ2) is 7.76. The third-order valence-electron chi connectivity index (χ3n) is 3.92. The summed E-state index contributed by atoms with van der Waals surface area (Å²) in [5, 5.41) is 2.56. The number of hydrogen-bond acceptors (Lipinski definition) is 5. The molecule has 1 saturated heterocycles. The van der Waals surface area contributed by atoms with Gasteiger partial charge < -0.3 is 15.1 Å². The van der Waals surface area contributed by atoms with Crippen LogP contribution in [-0.4, -0.2) is 74.8 Å². The largest absolute Gasteiger partial charge is 0.329 e. The molecule has 0 radical (unpaired) electrons. The van der Waals surface area contributed by atoms with Crippen LogP contribution in [0.15, 0.2) is 30.3 Å². The Morgan fingerprint density at radius 3 is 2.38 bits per heavy atom. The molecule has 0 aromatic heterocycles. The van der Waals surface area contributed by atoms with Gasteiger partial charge in [-0.3, -0.25) is 9.59 Å². The first-order valence-corrected chi connectivity index (χ1v) is 9.63. The van der Waals surface area contributed by atoms with Crippen LogP contribution >= 0.6 is 0 Å². The molecule has 0 bridgehead atoms. The van der Waals surface area contributed by atoms with Crippen LogP contribution in [0.5, 0.6) is 0 Å². The number of rotatable bonds is 5. The van der Waals surface area contributed by atoms with E-state index in [0.717, 1.165) is 0 Å². The number of nitrogens with zero attached hydrogens (tertiary/aromatic N) is 2. The summed E-state index contributed by atoms with van der Waals surface area (Å²) >= 11 is 0. The third kappa shape index (κ3) is 5.04. The fourth-order valence-electron chi connectivity index (χ4n) is 2.62. The second-order valence-electron chi connectivity index (χ2n) is 6.18. The molecule has 1 aromatic carbocycles. The number of carbonyl (C=O) groups excluding carboxylic acids is 2. The summed E-state index contributed by atoms with van der Waals surface area (Å²) in [6, 6.07) is 8.26. The van der Waals surface area contributed by atoms with Gasteiger partial charge in [0, 0.05) is 24.8 Å². The van der Waals surface area contributed by atoms with E-state index in [0.29, 0.717) is 25.2 Å². The van der Waals surface area contributed by atoms with Gasteiger partial charge in [-0.25, -0.2) is 8.42 Å². The topological polar surface area (TPSA) is 86.8 Å². The van der Waals surface area contributed by atoms with Crippen LogP contribution in [0, 0.1) is 0 Å². The maximum absolute atomic E-state index is 12.6. The number of hydrogen-bond donors (Lipinski definition) is 1. The summed E-state index contributed by atoms with van der Waals surface area (Å²) in [5.74, 6) is -1.46. The molecule has 1 aliphatic heterocycles. The molecule has 2 amide bonds. The van der Waals surface area contributed by atoms with Gasteiger partial charge in [-0.15, -0.1) is 0 Å². The van der Waals surface area contributed by atoms with Crippen LogP contribution in [0.2, 0.25) is 0 Å². The van der Waals surface area contributed by atoms with E-state index in [4.69, 9.17) is 0 Å². The fourth-order valence-corrected chi connectivity index (χ4v) is 4.35. The van der Waals surface area contributed by atoms with Crippen molar-refractivity contribution >= 4 is 27.3 Å². The van der Waals surface area contributed by atoms with Gasteiger partial charge in [0.15, 0.2) is 9.84 Å². The van der Waals surface area contributed by atoms with Crippen molar-refractivity contribution in [2.45, 2.75) is 12.5 Å². The highest BCUT2D eigenvalue weighted by atomic mass is 32.2. The molecule has 7 nitrogen and oxygen atoms in total. The number of anilines is 1. The number of likely N-dealkylation sites (N-methyl/N-ethyl adjacent to an activating group) is 1. The molecule has 1 aliphatic rings. The van der Waals surface area contributed by atoms with Crippen molar-refractivity contribution in [3.8, 4) is 0 Å². The highest BCUT2D eigenvalue weighted by Gasteiger charge is 2.36. The SMILES string of the molecule is CN(C)CCN(C(=O)C(=O)Nc1ccccc1)C1CCS(=O)(=O)C1. The minimum atomic E-state index is -3.14. The van der Waals surface area contributed by atoms with Gasteiger partial charge >= 0.3 is 11.8 Å². The predicted molar refractivity (Wildman–Crippen MR) is 92.4 cm³/mol. The molecule has 132 valence electrons. The smallest absolute Gasteiger partial charge is 0.313 e. The lowest BCUT2D eigenvalue weighted by atomic mass is 10.2. The van der Waals surface area contributed by atoms with Gasteiger partial charge in [-0.05, 0) is 32.6 Å². The Labute approximate surface area is 142 Å². The first-order chi connectivity index (χ1) is 11.3. The Morgan fingerprint density at radius 1 is 1.17 bits per heavy atom. The first-order valence-electron chi connectivity index (χ1n) is 7.80. The summed E-state index contributed by atoms with van der Waals surface area (Å²) < 4.78 is 23.4. The van der Waals surface area contributed by atoms with E-state index in [1.54, 1.807) is 24.3 Å². The summed E-state index contributed by atoms with van der Waals surface area (Å²) in [5.41, 5.74) is 0.530. The van der Waals surface area contributed by atoms with E-state index in [2.05, 4.69) is 5.32 Å². The van der Waals surface area contributed by atoms with E-state index >= 15 is 0 Å². The highest BCUT2D eigenvalue weighted by molar-refractivity contribution is 7.91. The van der Waals surface area contributed by atoms with Gasteiger partial charge in [-0.2, -0.15) is 0 Å². The molecule has 0 spiro atoms. The standard InChI is InChI=1S/C16H23N3O4S/c1-18(2)9-10-19(14-8-11-24(22,23)12-14)16(21)15(20)17-13-6-4-3-5-7-13/h3-7,14H,8-12H2,1-2H3,(H,17,20). The summed E-state index contributed by atoms with van der Waals surface area (Å²) in [4.78, 5) is 28.1. The normalized spacial score (nSPS) is 19.2. The molecule has 1 atom stereocenters. The van der Waals surface area contributed by atoms with Gasteiger partial charge in [0.2, 0.25) is 0 Å². The van der Waals surface area contributed by atoms with E-state index in [-0.39, 0.29) is 11.5 Å². The average Bonchev–Trinajstić information content (AvgIpc) is 2.88. The molecule has 1 N–H and O–H groups in total. The maximum Gasteiger partial charge on any atom is 0.313 e. The van der Waals surface area contributed by atoms with E-state index in [9.17, 15) is 18.0 Å². The van der Waals surface area contributed by atoms with E-state index in [1.807, 2.05) is 25.1 Å². The lowest BCUT2D eigenvalue weighted by Crippen LogP contribution is -2.48. The molecule has 1 aromatic rings. The van der Waals surface area contributed by atoms with Crippen LogP contribution in [0.3, 0.4) is 0 Å². The second-order valence-corrected chi connectivity index (χ2v) is 8.41. The maximum atomic E-state index is 12.6. The molecule has 24 heavy (non-hydrogen) atoms. The Bertz CT molecular complexity index is 689. The van der Waals surface area contributed by atoms with Crippen LogP contribution in [0.25, 0.3) is 0 Å². The number of sulfone groups is 1. The minimum Gasteiger partial charge on any atom is -0.329 e. The number of carbonyl (C=O) groups is 2. The zero-order valence-corrected chi connectivity index (χ0v) is 14.8. The van der Waals surface area contributed by atoms with Gasteiger partial charge in [0.1, 0.15) is 0 Å². The van der Waals surface area contributed by atoms with Crippen LogP contribution in [0.4, 0.5) is 5.69 Å². The van der Waals surface area contributed by atoms with Crippen molar-refractivity contribution in [1.29, 1.82) is 0 Å². The lowest BCUT2D eigenvalue weighted by molar-refractivity contribution is -0.144. The van der Waals surface area contributed by atoms with Crippen molar-refractivity contribution in [3.63, 3.8) is 0 Å². The monoisotopic (exact) mass is 353 g/mol. The summed E-state index contributed by atoms with van der Waals surface area (Å²) in [6.07, 6.45) is 0.375. The quantitative estimate of drug-likeness (QED) is 0.765. The minimum absolute atomic E-state index is 0.0592. The summed E-state index contributed by atoms with van der Waals surface area (Å²) in [6.45, 7) is 0.870. The molecule has 1 heterocycles. The predicted octanol–water partition coefficient (Wildman–Crippen LogP) is 0.202. The molecule has 0 aliphatic carbocycles. The number of nitrogens with one attached hydrogen (secondary N) is 1. The number of benzene rings is 1. The fraction of sp³-hybridized carbons (Fsp3) is 0.500. The van der Waals surface area contributed by atoms with Crippen molar-refractivity contribution in [1.82, 2.24) is 9.80 Å². The molecule has 1 unspecified atom stereocenters. The first kappa shape index (κ1) is 18.4. The lowest BCUT2D eigenvalue weighted by Gasteiger charge is -2.28. The highest BCUT2D eigenvalue weighted by Crippen LogP contribution is 2.18. The average molecular weight is 353 g/mol. The van der Waals surface area contributed by atoms with Crippen molar-refractivity contribution in [2.75, 3.05) is 44.0 Å². The zero-order chi connectivity index (χ0) is 17.7. The number of para-hydroxylation sites is 1. The third-order valence-corrected chi connectivity index (χ3v) is 5.67. The Balaban J connectivity index is 2.10.